The summed E-state index contributed by atoms with van der Waals surface area (Å²) in [6.07, 6.45) is 6.76. The molecule has 1 N–H and O–H groups in total. The number of alkyl halides is 1. The normalized spacial score (nSPS) is 13.6. The highest BCUT2D eigenvalue weighted by molar-refractivity contribution is 6.27. The van der Waals surface area contributed by atoms with Crippen molar-refractivity contribution >= 4 is 11.6 Å². The molecule has 4 heteroatoms. The predicted octanol–water partition coefficient (Wildman–Crippen LogP) is 1.26. The first kappa shape index (κ1) is 10.5. The first-order valence-corrected chi connectivity index (χ1v) is 4.31. The van der Waals surface area contributed by atoms with Crippen LogP contribution in [0.4, 0.5) is 0 Å². The van der Waals surface area contributed by atoms with Crippen molar-refractivity contribution in [3.05, 3.63) is 30.1 Å². The Kier molecular flexibility index (Phi) is 3.48. The highest BCUT2D eigenvalue weighted by Gasteiger charge is 2.22. The molecular weight excluding hydrogens is 198 g/mol. The quantitative estimate of drug-likeness (QED) is 0.459. The number of aromatic nitrogens is 1. The maximum Gasteiger partial charge on any atom is 0.243 e. The number of nitrogens with zero attached hydrogens (tertiary/aromatic N) is 2. The molecule has 0 saturated carbocycles. The molecule has 1 unspecified atom stereocenters. The summed E-state index contributed by atoms with van der Waals surface area (Å²) in [5.74, 6) is 2.16. The second-order valence-corrected chi connectivity index (χ2v) is 3.16. The predicted molar refractivity (Wildman–Crippen MR) is 54.1 cm³/mol. The van der Waals surface area contributed by atoms with Crippen LogP contribution in [0.15, 0.2) is 24.4 Å². The van der Waals surface area contributed by atoms with Crippen LogP contribution in [0.3, 0.4) is 0 Å². The average Bonchev–Trinajstić information content (AvgIpc) is 2.27. The Labute approximate surface area is 87.7 Å². The maximum atomic E-state index is 8.66. The van der Waals surface area contributed by atoms with Crippen molar-refractivity contribution in [1.82, 2.24) is 10.3 Å². The van der Waals surface area contributed by atoms with Gasteiger partial charge in [0.05, 0.1) is 5.69 Å². The lowest BCUT2D eigenvalue weighted by atomic mass is 10.3. The molecule has 0 spiro atoms. The van der Waals surface area contributed by atoms with Gasteiger partial charge in [0.25, 0.3) is 0 Å². The molecule has 0 aliphatic rings. The van der Waals surface area contributed by atoms with E-state index in [9.17, 15) is 0 Å². The highest BCUT2D eigenvalue weighted by atomic mass is 35.5. The number of hydrogen-bond donors (Lipinski definition) is 1. The van der Waals surface area contributed by atoms with Gasteiger partial charge in [-0.15, -0.1) is 6.42 Å². The number of nitriles is 1. The largest absolute Gasteiger partial charge is 0.271 e. The van der Waals surface area contributed by atoms with E-state index in [4.69, 9.17) is 23.3 Å². The Hall–Kier alpha value is -1.55. The number of nitrogens with one attached hydrogen (secondary N) is 1. The van der Waals surface area contributed by atoms with Crippen molar-refractivity contribution in [3.63, 3.8) is 0 Å². The average molecular weight is 206 g/mol. The van der Waals surface area contributed by atoms with Crippen LogP contribution in [0.5, 0.6) is 0 Å². The monoisotopic (exact) mass is 205 g/mol. The van der Waals surface area contributed by atoms with Gasteiger partial charge >= 0.3 is 0 Å². The molecule has 0 fully saturated rings. The van der Waals surface area contributed by atoms with Gasteiger partial charge in [0.1, 0.15) is 6.07 Å². The van der Waals surface area contributed by atoms with Crippen molar-refractivity contribution in [3.8, 4) is 18.4 Å². The van der Waals surface area contributed by atoms with Gasteiger partial charge in [-0.3, -0.25) is 10.3 Å². The van der Waals surface area contributed by atoms with Crippen LogP contribution in [0, 0.1) is 23.7 Å². The first-order chi connectivity index (χ1) is 6.70. The fraction of sp³-hybridized carbons (Fsp3) is 0.200. The van der Waals surface area contributed by atoms with Gasteiger partial charge < -0.3 is 0 Å². The molecule has 3 nitrogen and oxygen atoms in total. The second kappa shape index (κ2) is 4.62. The van der Waals surface area contributed by atoms with Crippen LogP contribution in [0.25, 0.3) is 0 Å². The summed E-state index contributed by atoms with van der Waals surface area (Å²) in [7, 11) is 0. The molecule has 14 heavy (non-hydrogen) atoms. The smallest absolute Gasteiger partial charge is 0.243 e. The zero-order valence-electron chi connectivity index (χ0n) is 7.37. The zero-order valence-corrected chi connectivity index (χ0v) is 8.12. The number of pyridine rings is 1. The van der Waals surface area contributed by atoms with E-state index < -0.39 is 5.00 Å². The van der Waals surface area contributed by atoms with Crippen LogP contribution < -0.4 is 5.32 Å². The maximum absolute atomic E-state index is 8.66. The summed E-state index contributed by atoms with van der Waals surface area (Å²) in [5, 5.41) is 11.4. The lowest BCUT2D eigenvalue weighted by Crippen LogP contribution is -2.36. The minimum Gasteiger partial charge on any atom is -0.271 e. The summed E-state index contributed by atoms with van der Waals surface area (Å²) in [5.41, 5.74) is 0.781. The molecule has 70 valence electrons. The third-order valence-electron chi connectivity index (χ3n) is 1.59. The minimum atomic E-state index is -1.45. The molecule has 1 aromatic rings. The van der Waals surface area contributed by atoms with Crippen molar-refractivity contribution in [2.45, 2.75) is 11.5 Å². The highest BCUT2D eigenvalue weighted by Crippen LogP contribution is 2.08. The standard InChI is InChI=1S/C10H8ClN3/c1-2-10(11,8-12)14-7-9-5-3-4-6-13-9/h1,3-6,14H,7H2. The van der Waals surface area contributed by atoms with Gasteiger partial charge in [0.15, 0.2) is 0 Å². The summed E-state index contributed by atoms with van der Waals surface area (Å²) in [4.78, 5) is 2.60. The molecular formula is C10H8ClN3. The topological polar surface area (TPSA) is 48.7 Å². The molecule has 0 aromatic carbocycles. The molecule has 0 bridgehead atoms. The minimum absolute atomic E-state index is 0.363. The zero-order chi connectivity index (χ0) is 10.4. The van der Waals surface area contributed by atoms with Crippen molar-refractivity contribution < 1.29 is 0 Å². The van der Waals surface area contributed by atoms with Crippen molar-refractivity contribution in [2.24, 2.45) is 0 Å². The van der Waals surface area contributed by atoms with E-state index in [2.05, 4.69) is 16.2 Å². The second-order valence-electron chi connectivity index (χ2n) is 2.59. The number of rotatable bonds is 3. The third-order valence-corrected chi connectivity index (χ3v) is 1.92. The molecule has 0 radical (unpaired) electrons. The molecule has 1 atom stereocenters. The number of hydrogen-bond acceptors (Lipinski definition) is 3. The van der Waals surface area contributed by atoms with E-state index >= 15 is 0 Å². The molecule has 0 saturated heterocycles. The molecule has 1 heterocycles. The summed E-state index contributed by atoms with van der Waals surface area (Å²) < 4.78 is 0. The summed E-state index contributed by atoms with van der Waals surface area (Å²) >= 11 is 5.72. The van der Waals surface area contributed by atoms with Crippen LogP contribution in [-0.2, 0) is 6.54 Å². The Morgan fingerprint density at radius 2 is 2.43 bits per heavy atom. The Balaban J connectivity index is 2.59. The van der Waals surface area contributed by atoms with Gasteiger partial charge in [-0.25, -0.2) is 0 Å². The first-order valence-electron chi connectivity index (χ1n) is 3.93. The van der Waals surface area contributed by atoms with Crippen molar-refractivity contribution in [2.75, 3.05) is 0 Å². The fourth-order valence-corrected chi connectivity index (χ4v) is 0.905. The van der Waals surface area contributed by atoms with Crippen LogP contribution >= 0.6 is 11.6 Å². The van der Waals surface area contributed by atoms with Crippen LogP contribution in [0.2, 0.25) is 0 Å². The van der Waals surface area contributed by atoms with Gasteiger partial charge in [-0.2, -0.15) is 5.26 Å². The van der Waals surface area contributed by atoms with Gasteiger partial charge in [0, 0.05) is 12.7 Å². The van der Waals surface area contributed by atoms with Gasteiger partial charge in [-0.1, -0.05) is 23.6 Å². The van der Waals surface area contributed by atoms with E-state index in [1.165, 1.54) is 0 Å². The Morgan fingerprint density at radius 1 is 1.64 bits per heavy atom. The van der Waals surface area contributed by atoms with E-state index in [1.807, 2.05) is 18.2 Å². The molecule has 0 aliphatic carbocycles. The van der Waals surface area contributed by atoms with Gasteiger partial charge in [0.2, 0.25) is 5.00 Å². The van der Waals surface area contributed by atoms with E-state index in [0.29, 0.717) is 6.54 Å². The lowest BCUT2D eigenvalue weighted by Gasteiger charge is -2.13. The molecule has 1 aromatic heterocycles. The number of terminal acetylenes is 1. The summed E-state index contributed by atoms with van der Waals surface area (Å²) in [6, 6.07) is 7.26. The summed E-state index contributed by atoms with van der Waals surface area (Å²) in [6.45, 7) is 0.363. The van der Waals surface area contributed by atoms with E-state index in [1.54, 1.807) is 12.3 Å². The van der Waals surface area contributed by atoms with Crippen molar-refractivity contribution in [1.29, 1.82) is 5.26 Å². The fourth-order valence-electron chi connectivity index (χ4n) is 0.838. The van der Waals surface area contributed by atoms with Crippen LogP contribution in [-0.4, -0.2) is 9.98 Å². The van der Waals surface area contributed by atoms with E-state index in [0.717, 1.165) is 5.69 Å². The molecule has 1 rings (SSSR count). The van der Waals surface area contributed by atoms with E-state index in [-0.39, 0.29) is 0 Å². The van der Waals surface area contributed by atoms with Crippen LogP contribution in [0.1, 0.15) is 5.69 Å². The Morgan fingerprint density at radius 3 is 2.93 bits per heavy atom. The number of halogens is 1. The Bertz CT molecular complexity index is 361. The lowest BCUT2D eigenvalue weighted by molar-refractivity contribution is 0.639. The van der Waals surface area contributed by atoms with Gasteiger partial charge in [-0.05, 0) is 12.1 Å². The SMILES string of the molecule is C#CC(Cl)(C#N)NCc1ccccn1. The third kappa shape index (κ3) is 2.74. The molecule has 0 aliphatic heterocycles. The molecule has 0 amide bonds.